The van der Waals surface area contributed by atoms with Gasteiger partial charge < -0.3 is 10.2 Å². The molecule has 0 saturated carbocycles. The van der Waals surface area contributed by atoms with Crippen molar-refractivity contribution in [1.29, 1.82) is 0 Å². The Hall–Kier alpha value is -0.0800. The van der Waals surface area contributed by atoms with Crippen LogP contribution in [0.5, 0.6) is 0 Å². The van der Waals surface area contributed by atoms with Crippen molar-refractivity contribution in [3.05, 3.63) is 0 Å². The van der Waals surface area contributed by atoms with Gasteiger partial charge in [-0.1, -0.05) is 20.3 Å². The molecule has 2 aliphatic heterocycles. The van der Waals surface area contributed by atoms with Gasteiger partial charge in [-0.15, -0.1) is 0 Å². The first kappa shape index (κ1) is 14.3. The van der Waals surface area contributed by atoms with Crippen LogP contribution in [0.2, 0.25) is 0 Å². The zero-order chi connectivity index (χ0) is 12.8. The predicted molar refractivity (Wildman–Crippen MR) is 78.9 cm³/mol. The first-order chi connectivity index (χ1) is 8.78. The van der Waals surface area contributed by atoms with Crippen LogP contribution < -0.4 is 5.32 Å². The van der Waals surface area contributed by atoms with Crippen LogP contribution in [0.25, 0.3) is 0 Å². The first-order valence-electron chi connectivity index (χ1n) is 8.21. The van der Waals surface area contributed by atoms with Crippen LogP contribution in [0.3, 0.4) is 0 Å². The van der Waals surface area contributed by atoms with Crippen molar-refractivity contribution >= 4 is 0 Å². The second kappa shape index (κ2) is 6.91. The summed E-state index contributed by atoms with van der Waals surface area (Å²) in [6.45, 7) is 11.3. The summed E-state index contributed by atoms with van der Waals surface area (Å²) in [6.07, 6.45) is 9.85. The van der Waals surface area contributed by atoms with E-state index in [1.165, 1.54) is 77.7 Å². The second-order valence-electron chi connectivity index (χ2n) is 6.58. The number of nitrogens with zero attached hydrogens (tertiary/aromatic N) is 1. The largest absolute Gasteiger partial charge is 0.317 e. The van der Waals surface area contributed by atoms with Gasteiger partial charge in [0.2, 0.25) is 0 Å². The molecule has 1 atom stereocenters. The van der Waals surface area contributed by atoms with E-state index in [0.29, 0.717) is 5.41 Å². The van der Waals surface area contributed by atoms with Crippen molar-refractivity contribution in [3.63, 3.8) is 0 Å². The van der Waals surface area contributed by atoms with E-state index in [9.17, 15) is 0 Å². The normalized spacial score (nSPS) is 30.0. The van der Waals surface area contributed by atoms with Crippen molar-refractivity contribution < 1.29 is 0 Å². The van der Waals surface area contributed by atoms with Crippen LogP contribution in [0, 0.1) is 11.3 Å². The van der Waals surface area contributed by atoms with Gasteiger partial charge >= 0.3 is 0 Å². The summed E-state index contributed by atoms with van der Waals surface area (Å²) in [5.74, 6) is 1.00. The zero-order valence-corrected chi connectivity index (χ0v) is 12.5. The maximum atomic E-state index is 3.52. The highest BCUT2D eigenvalue weighted by Gasteiger charge is 2.32. The van der Waals surface area contributed by atoms with E-state index in [-0.39, 0.29) is 0 Å². The molecule has 0 radical (unpaired) electrons. The van der Waals surface area contributed by atoms with E-state index in [2.05, 4.69) is 24.1 Å². The Balaban J connectivity index is 1.87. The third-order valence-electron chi connectivity index (χ3n) is 5.49. The minimum Gasteiger partial charge on any atom is -0.317 e. The van der Waals surface area contributed by atoms with E-state index < -0.39 is 0 Å². The van der Waals surface area contributed by atoms with Gasteiger partial charge in [0.25, 0.3) is 0 Å². The minimum absolute atomic E-state index is 0.622. The van der Waals surface area contributed by atoms with Crippen molar-refractivity contribution in [3.8, 4) is 0 Å². The van der Waals surface area contributed by atoms with E-state index in [1.807, 2.05) is 0 Å². The fourth-order valence-corrected chi connectivity index (χ4v) is 3.85. The molecule has 0 bridgehead atoms. The SMILES string of the molecule is CCC1CCCN(CC2(CC)CCNCC2)CC1. The second-order valence-corrected chi connectivity index (χ2v) is 6.58. The average Bonchev–Trinajstić information content (AvgIpc) is 2.65. The molecule has 0 amide bonds. The topological polar surface area (TPSA) is 15.3 Å². The highest BCUT2D eigenvalue weighted by Crippen LogP contribution is 2.34. The molecule has 0 spiro atoms. The molecule has 2 heterocycles. The van der Waals surface area contributed by atoms with Gasteiger partial charge in [0.15, 0.2) is 0 Å². The monoisotopic (exact) mass is 252 g/mol. The van der Waals surface area contributed by atoms with Crippen LogP contribution in [-0.2, 0) is 0 Å². The molecule has 2 heteroatoms. The molecule has 2 aliphatic rings. The molecule has 0 aliphatic carbocycles. The van der Waals surface area contributed by atoms with Gasteiger partial charge in [0.1, 0.15) is 0 Å². The van der Waals surface area contributed by atoms with Crippen LogP contribution in [-0.4, -0.2) is 37.6 Å². The first-order valence-corrected chi connectivity index (χ1v) is 8.21. The number of nitrogens with one attached hydrogen (secondary N) is 1. The van der Waals surface area contributed by atoms with E-state index in [1.54, 1.807) is 0 Å². The van der Waals surface area contributed by atoms with Crippen molar-refractivity contribution in [2.75, 3.05) is 32.7 Å². The molecule has 2 fully saturated rings. The Kier molecular flexibility index (Phi) is 5.50. The molecule has 18 heavy (non-hydrogen) atoms. The summed E-state index contributed by atoms with van der Waals surface area (Å²) in [7, 11) is 0. The maximum absolute atomic E-state index is 3.52. The smallest absolute Gasteiger partial charge is 0.00388 e. The van der Waals surface area contributed by atoms with Gasteiger partial charge in [-0.2, -0.15) is 0 Å². The Labute approximate surface area is 114 Å². The number of hydrogen-bond acceptors (Lipinski definition) is 2. The van der Waals surface area contributed by atoms with Crippen LogP contribution in [0.4, 0.5) is 0 Å². The molecule has 2 saturated heterocycles. The third kappa shape index (κ3) is 3.71. The molecule has 1 unspecified atom stereocenters. The summed E-state index contributed by atoms with van der Waals surface area (Å²) in [5, 5.41) is 3.52. The fraction of sp³-hybridized carbons (Fsp3) is 1.00. The van der Waals surface area contributed by atoms with Gasteiger partial charge in [-0.05, 0) is 76.0 Å². The number of likely N-dealkylation sites (tertiary alicyclic amines) is 1. The van der Waals surface area contributed by atoms with E-state index >= 15 is 0 Å². The van der Waals surface area contributed by atoms with E-state index in [4.69, 9.17) is 0 Å². The molecule has 0 aromatic carbocycles. The summed E-state index contributed by atoms with van der Waals surface area (Å²) in [6, 6.07) is 0. The van der Waals surface area contributed by atoms with E-state index in [0.717, 1.165) is 5.92 Å². The summed E-state index contributed by atoms with van der Waals surface area (Å²) >= 11 is 0. The lowest BCUT2D eigenvalue weighted by Crippen LogP contribution is -2.44. The summed E-state index contributed by atoms with van der Waals surface area (Å²) in [4.78, 5) is 2.78. The quantitative estimate of drug-likeness (QED) is 0.826. The zero-order valence-electron chi connectivity index (χ0n) is 12.5. The molecular weight excluding hydrogens is 220 g/mol. The van der Waals surface area contributed by atoms with Crippen molar-refractivity contribution in [1.82, 2.24) is 10.2 Å². The third-order valence-corrected chi connectivity index (χ3v) is 5.49. The molecule has 1 N–H and O–H groups in total. The van der Waals surface area contributed by atoms with Crippen LogP contribution in [0.15, 0.2) is 0 Å². The van der Waals surface area contributed by atoms with Crippen molar-refractivity contribution in [2.24, 2.45) is 11.3 Å². The Morgan fingerprint density at radius 1 is 1.11 bits per heavy atom. The number of piperidine rings is 1. The molecule has 106 valence electrons. The van der Waals surface area contributed by atoms with Gasteiger partial charge in [0, 0.05) is 6.54 Å². The molecule has 2 nitrogen and oxygen atoms in total. The Bertz CT molecular complexity index is 233. The highest BCUT2D eigenvalue weighted by molar-refractivity contribution is 4.87. The minimum atomic E-state index is 0.622. The highest BCUT2D eigenvalue weighted by atomic mass is 15.1. The molecule has 0 aromatic heterocycles. The van der Waals surface area contributed by atoms with Gasteiger partial charge in [-0.25, -0.2) is 0 Å². The lowest BCUT2D eigenvalue weighted by molar-refractivity contribution is 0.108. The standard InChI is InChI=1S/C16H32N2/c1-3-15-6-5-12-18(13-7-15)14-16(4-2)8-10-17-11-9-16/h15,17H,3-14H2,1-2H3. The Morgan fingerprint density at radius 3 is 2.56 bits per heavy atom. The summed E-state index contributed by atoms with van der Waals surface area (Å²) in [5.41, 5.74) is 0.622. The summed E-state index contributed by atoms with van der Waals surface area (Å²) < 4.78 is 0. The maximum Gasteiger partial charge on any atom is 0.00388 e. The van der Waals surface area contributed by atoms with Gasteiger partial charge in [0.05, 0.1) is 0 Å². The average molecular weight is 252 g/mol. The van der Waals surface area contributed by atoms with Crippen LogP contribution in [0.1, 0.15) is 58.8 Å². The van der Waals surface area contributed by atoms with Crippen molar-refractivity contribution in [2.45, 2.75) is 58.8 Å². The molecule has 2 rings (SSSR count). The fourth-order valence-electron chi connectivity index (χ4n) is 3.85. The lowest BCUT2D eigenvalue weighted by atomic mass is 9.76. The molecular formula is C16H32N2. The number of rotatable bonds is 4. The van der Waals surface area contributed by atoms with Crippen LogP contribution >= 0.6 is 0 Å². The lowest BCUT2D eigenvalue weighted by Gasteiger charge is -2.40. The Morgan fingerprint density at radius 2 is 1.89 bits per heavy atom. The van der Waals surface area contributed by atoms with Gasteiger partial charge in [-0.3, -0.25) is 0 Å². The molecule has 0 aromatic rings. The number of hydrogen-bond donors (Lipinski definition) is 1. The predicted octanol–water partition coefficient (Wildman–Crippen LogP) is 3.28.